The van der Waals surface area contributed by atoms with Gasteiger partial charge in [-0.2, -0.15) is 0 Å². The van der Waals surface area contributed by atoms with Crippen LogP contribution < -0.4 is 5.32 Å². The molecule has 5 aliphatic rings. The highest BCUT2D eigenvalue weighted by Gasteiger charge is 2.67. The summed E-state index contributed by atoms with van der Waals surface area (Å²) in [5, 5.41) is 3.86. The summed E-state index contributed by atoms with van der Waals surface area (Å²) in [5.74, 6) is 5.43. The molecule has 30 heavy (non-hydrogen) atoms. The zero-order chi connectivity index (χ0) is 21.1. The van der Waals surface area contributed by atoms with Gasteiger partial charge in [-0.15, -0.1) is 0 Å². The predicted molar refractivity (Wildman–Crippen MR) is 125 cm³/mol. The van der Waals surface area contributed by atoms with Crippen LogP contribution in [0.5, 0.6) is 0 Å². The van der Waals surface area contributed by atoms with E-state index in [1.165, 1.54) is 57.8 Å². The number of fused-ring (bicyclic) bond motifs is 3. The standard InChI is InChI=1S/C28H47NO/c1-19(2)8-6-9-20(3)22-11-12-23-21-13-17-28-15-7-10-25(30-18-29-28)27(28,5)24(21)14-16-26(22,23)4/h7,15,19-25,29H,6,8-14,16-18H2,1-5H3/t20-,21+,22-,23+,24+,25-,26-,27+,28-/m1/s1. The van der Waals surface area contributed by atoms with Crippen LogP contribution in [-0.2, 0) is 4.74 Å². The fraction of sp³-hybridized carbons (Fsp3) is 0.929. The third-order valence-corrected chi connectivity index (χ3v) is 11.3. The minimum Gasteiger partial charge on any atom is -0.362 e. The van der Waals surface area contributed by atoms with Gasteiger partial charge < -0.3 is 4.74 Å². The number of ether oxygens (including phenoxy) is 1. The van der Waals surface area contributed by atoms with Crippen LogP contribution in [0.4, 0.5) is 0 Å². The fourth-order valence-corrected chi connectivity index (χ4v) is 9.73. The van der Waals surface area contributed by atoms with Crippen molar-refractivity contribution >= 4 is 0 Å². The molecule has 0 radical (unpaired) electrons. The quantitative estimate of drug-likeness (QED) is 0.492. The van der Waals surface area contributed by atoms with Crippen molar-refractivity contribution in [3.63, 3.8) is 0 Å². The van der Waals surface area contributed by atoms with Crippen molar-refractivity contribution in [3.8, 4) is 0 Å². The lowest BCUT2D eigenvalue weighted by Gasteiger charge is -2.67. The second-order valence-corrected chi connectivity index (χ2v) is 12.8. The van der Waals surface area contributed by atoms with Crippen molar-refractivity contribution in [1.82, 2.24) is 5.32 Å². The van der Waals surface area contributed by atoms with Crippen LogP contribution in [-0.4, -0.2) is 18.4 Å². The van der Waals surface area contributed by atoms with Gasteiger partial charge in [-0.05, 0) is 85.9 Å². The molecule has 4 aliphatic carbocycles. The molecule has 4 fully saturated rings. The molecular formula is C28H47NO. The van der Waals surface area contributed by atoms with E-state index < -0.39 is 0 Å². The van der Waals surface area contributed by atoms with Gasteiger partial charge in [0.1, 0.15) is 0 Å². The Balaban J connectivity index is 1.36. The molecule has 9 atom stereocenters. The van der Waals surface area contributed by atoms with Gasteiger partial charge >= 0.3 is 0 Å². The Hall–Kier alpha value is -0.340. The summed E-state index contributed by atoms with van der Waals surface area (Å²) in [7, 11) is 0. The van der Waals surface area contributed by atoms with Gasteiger partial charge in [0.2, 0.25) is 0 Å². The molecule has 0 spiro atoms. The second kappa shape index (κ2) is 7.62. The van der Waals surface area contributed by atoms with Crippen LogP contribution in [0, 0.1) is 46.3 Å². The molecule has 0 aromatic rings. The number of hydrogen-bond donors (Lipinski definition) is 1. The van der Waals surface area contributed by atoms with Crippen LogP contribution in [0.15, 0.2) is 12.2 Å². The van der Waals surface area contributed by atoms with E-state index >= 15 is 0 Å². The minimum atomic E-state index is 0.200. The Bertz CT molecular complexity index is 672. The number of rotatable bonds is 5. The monoisotopic (exact) mass is 413 g/mol. The molecule has 2 nitrogen and oxygen atoms in total. The molecule has 2 heteroatoms. The van der Waals surface area contributed by atoms with Gasteiger partial charge in [0.05, 0.1) is 12.8 Å². The molecule has 170 valence electrons. The summed E-state index contributed by atoms with van der Waals surface area (Å²) in [5.41, 5.74) is 1.07. The molecule has 1 heterocycles. The maximum atomic E-state index is 6.36. The lowest BCUT2D eigenvalue weighted by molar-refractivity contribution is -0.210. The average Bonchev–Trinajstić information content (AvgIpc) is 3.04. The Morgan fingerprint density at radius 3 is 2.63 bits per heavy atom. The number of nitrogens with one attached hydrogen (secondary N) is 1. The van der Waals surface area contributed by atoms with Crippen LogP contribution in [0.2, 0.25) is 0 Å². The second-order valence-electron chi connectivity index (χ2n) is 12.8. The molecule has 0 unspecified atom stereocenters. The van der Waals surface area contributed by atoms with Crippen molar-refractivity contribution in [2.24, 2.45) is 46.3 Å². The zero-order valence-electron chi connectivity index (χ0n) is 20.4. The Kier molecular flexibility index (Phi) is 5.46. The highest BCUT2D eigenvalue weighted by molar-refractivity contribution is 5.28. The minimum absolute atomic E-state index is 0.200. The summed E-state index contributed by atoms with van der Waals surface area (Å²) < 4.78 is 6.36. The first kappa shape index (κ1) is 21.5. The van der Waals surface area contributed by atoms with Crippen LogP contribution in [0.1, 0.15) is 98.8 Å². The molecular weight excluding hydrogens is 366 g/mol. The third-order valence-electron chi connectivity index (χ3n) is 11.3. The van der Waals surface area contributed by atoms with Crippen molar-refractivity contribution in [2.45, 2.75) is 110 Å². The molecule has 3 saturated carbocycles. The van der Waals surface area contributed by atoms with Crippen LogP contribution >= 0.6 is 0 Å². The maximum Gasteiger partial charge on any atom is 0.0976 e. The SMILES string of the molecule is CC(C)CCC[C@@H](C)[C@H]1CC[C@H]2[C@@H]3CC[C@@]45C=CC[C@@H](OCN4)[C@]5(C)[C@H]3CC[C@]12C. The van der Waals surface area contributed by atoms with E-state index in [-0.39, 0.29) is 11.0 Å². The van der Waals surface area contributed by atoms with Gasteiger partial charge in [-0.1, -0.05) is 66.0 Å². The molecule has 0 amide bonds. The lowest BCUT2D eigenvalue weighted by atomic mass is 9.42. The van der Waals surface area contributed by atoms with Crippen LogP contribution in [0.25, 0.3) is 0 Å². The molecule has 1 N–H and O–H groups in total. The van der Waals surface area contributed by atoms with E-state index in [1.807, 2.05) is 0 Å². The van der Waals surface area contributed by atoms with Crippen molar-refractivity contribution in [1.29, 1.82) is 0 Å². The van der Waals surface area contributed by atoms with Crippen molar-refractivity contribution < 1.29 is 4.74 Å². The normalized spacial score (nSPS) is 50.7. The summed E-state index contributed by atoms with van der Waals surface area (Å²) in [6.45, 7) is 13.4. The lowest BCUT2D eigenvalue weighted by Crippen LogP contribution is -2.73. The van der Waals surface area contributed by atoms with Gasteiger partial charge in [-0.25, -0.2) is 0 Å². The molecule has 1 saturated heterocycles. The summed E-state index contributed by atoms with van der Waals surface area (Å²) in [6.07, 6.45) is 19.4. The van der Waals surface area contributed by atoms with E-state index in [1.54, 1.807) is 0 Å². The fourth-order valence-electron chi connectivity index (χ4n) is 9.73. The zero-order valence-corrected chi connectivity index (χ0v) is 20.4. The highest BCUT2D eigenvalue weighted by atomic mass is 16.5. The van der Waals surface area contributed by atoms with Crippen LogP contribution in [0.3, 0.4) is 0 Å². The molecule has 0 aromatic heterocycles. The van der Waals surface area contributed by atoms with Crippen molar-refractivity contribution in [2.75, 3.05) is 6.73 Å². The average molecular weight is 414 g/mol. The highest BCUT2D eigenvalue weighted by Crippen LogP contribution is 2.69. The van der Waals surface area contributed by atoms with E-state index in [0.717, 1.165) is 48.7 Å². The summed E-state index contributed by atoms with van der Waals surface area (Å²) in [4.78, 5) is 0. The Morgan fingerprint density at radius 1 is 1.00 bits per heavy atom. The first-order chi connectivity index (χ1) is 14.3. The molecule has 2 bridgehead atoms. The first-order valence-corrected chi connectivity index (χ1v) is 13.4. The van der Waals surface area contributed by atoms with Crippen molar-refractivity contribution in [3.05, 3.63) is 12.2 Å². The Morgan fingerprint density at radius 2 is 1.83 bits per heavy atom. The van der Waals surface area contributed by atoms with E-state index in [0.29, 0.717) is 11.5 Å². The maximum absolute atomic E-state index is 6.36. The van der Waals surface area contributed by atoms with Gasteiger partial charge in [0.25, 0.3) is 0 Å². The smallest absolute Gasteiger partial charge is 0.0976 e. The molecule has 5 rings (SSSR count). The summed E-state index contributed by atoms with van der Waals surface area (Å²) >= 11 is 0. The number of hydrogen-bond acceptors (Lipinski definition) is 2. The van der Waals surface area contributed by atoms with E-state index in [4.69, 9.17) is 4.74 Å². The van der Waals surface area contributed by atoms with Gasteiger partial charge in [0, 0.05) is 11.0 Å². The van der Waals surface area contributed by atoms with Gasteiger partial charge in [-0.3, -0.25) is 5.32 Å². The first-order valence-electron chi connectivity index (χ1n) is 13.4. The predicted octanol–water partition coefficient (Wildman–Crippen LogP) is 6.95. The largest absolute Gasteiger partial charge is 0.362 e. The Labute approximate surface area is 186 Å². The summed E-state index contributed by atoms with van der Waals surface area (Å²) in [6, 6.07) is 0. The van der Waals surface area contributed by atoms with E-state index in [2.05, 4.69) is 52.1 Å². The topological polar surface area (TPSA) is 21.3 Å². The molecule has 1 aliphatic heterocycles. The molecule has 0 aromatic carbocycles. The third kappa shape index (κ3) is 2.95. The van der Waals surface area contributed by atoms with E-state index in [9.17, 15) is 0 Å². The van der Waals surface area contributed by atoms with Gasteiger partial charge in [0.15, 0.2) is 0 Å².